The Bertz CT molecular complexity index is 658. The minimum absolute atomic E-state index is 0.189. The predicted molar refractivity (Wildman–Crippen MR) is 90.9 cm³/mol. The van der Waals surface area contributed by atoms with Crippen LogP contribution in [0.5, 0.6) is 5.75 Å². The second-order valence-electron chi connectivity index (χ2n) is 5.10. The van der Waals surface area contributed by atoms with Crippen LogP contribution >= 0.6 is 0 Å². The van der Waals surface area contributed by atoms with Crippen molar-refractivity contribution in [3.8, 4) is 5.75 Å². The van der Waals surface area contributed by atoms with Gasteiger partial charge in [0, 0.05) is 17.8 Å². The Morgan fingerprint density at radius 2 is 2.00 bits per heavy atom. The van der Waals surface area contributed by atoms with Crippen molar-refractivity contribution in [3.63, 3.8) is 0 Å². The third-order valence-corrected chi connectivity index (χ3v) is 3.49. The highest BCUT2D eigenvalue weighted by Crippen LogP contribution is 2.20. The Hall–Kier alpha value is -2.53. The van der Waals surface area contributed by atoms with E-state index in [0.717, 1.165) is 17.8 Å². The molecule has 122 valence electrons. The maximum Gasteiger partial charge on any atom is 0.251 e. The number of carbonyl (C=O) groups is 1. The molecule has 0 aromatic heterocycles. The van der Waals surface area contributed by atoms with Gasteiger partial charge in [0.2, 0.25) is 0 Å². The van der Waals surface area contributed by atoms with Gasteiger partial charge >= 0.3 is 0 Å². The molecule has 2 rings (SSSR count). The van der Waals surface area contributed by atoms with Crippen molar-refractivity contribution >= 4 is 11.6 Å². The van der Waals surface area contributed by atoms with E-state index in [1.165, 1.54) is 0 Å². The zero-order valence-electron chi connectivity index (χ0n) is 13.4. The fraction of sp³-hybridized carbons (Fsp3) is 0.278. The van der Waals surface area contributed by atoms with Crippen LogP contribution in [-0.4, -0.2) is 31.3 Å². The van der Waals surface area contributed by atoms with Gasteiger partial charge in [-0.25, -0.2) is 0 Å². The fourth-order valence-corrected chi connectivity index (χ4v) is 2.31. The zero-order chi connectivity index (χ0) is 16.7. The van der Waals surface area contributed by atoms with Crippen LogP contribution in [0.15, 0.2) is 48.5 Å². The summed E-state index contributed by atoms with van der Waals surface area (Å²) in [5.74, 6) is 0.455. The van der Waals surface area contributed by atoms with Gasteiger partial charge in [-0.3, -0.25) is 4.79 Å². The molecule has 2 aromatic carbocycles. The Kier molecular flexibility index (Phi) is 6.00. The van der Waals surface area contributed by atoms with Crippen LogP contribution in [0.2, 0.25) is 0 Å². The highest BCUT2D eigenvalue weighted by Gasteiger charge is 2.15. The molecular formula is C18H22N2O3. The number of nitrogens with one attached hydrogen (secondary N) is 2. The summed E-state index contributed by atoms with van der Waals surface area (Å²) in [6.45, 7) is 2.59. The molecule has 0 radical (unpaired) electrons. The Morgan fingerprint density at radius 3 is 2.70 bits per heavy atom. The number of methoxy groups -OCH3 is 1. The molecule has 1 atom stereocenters. The van der Waals surface area contributed by atoms with Crippen molar-refractivity contribution in [2.24, 2.45) is 0 Å². The van der Waals surface area contributed by atoms with Crippen LogP contribution in [0.1, 0.15) is 28.9 Å². The number of hydrogen-bond donors (Lipinski definition) is 3. The first-order chi connectivity index (χ1) is 11.2. The molecule has 0 fully saturated rings. The maximum atomic E-state index is 12.4. The number of benzene rings is 2. The van der Waals surface area contributed by atoms with E-state index in [2.05, 4.69) is 10.6 Å². The second-order valence-corrected chi connectivity index (χ2v) is 5.10. The number of anilines is 1. The number of aliphatic hydroxyl groups excluding tert-OH is 1. The summed E-state index contributed by atoms with van der Waals surface area (Å²) in [7, 11) is 1.58. The lowest BCUT2D eigenvalue weighted by atomic mass is 10.1. The van der Waals surface area contributed by atoms with E-state index in [1.807, 2.05) is 37.3 Å². The lowest BCUT2D eigenvalue weighted by Gasteiger charge is -2.18. The topological polar surface area (TPSA) is 70.6 Å². The molecule has 5 nitrogen and oxygen atoms in total. The number of rotatable bonds is 7. The summed E-state index contributed by atoms with van der Waals surface area (Å²) >= 11 is 0. The summed E-state index contributed by atoms with van der Waals surface area (Å²) in [5, 5.41) is 15.6. The zero-order valence-corrected chi connectivity index (χ0v) is 13.4. The standard InChI is InChI=1S/C18H22N2O3/c1-3-19-15-8-4-7-14(10-15)18(22)20-17(12-21)13-6-5-9-16(11-13)23-2/h4-11,17,19,21H,3,12H2,1-2H3,(H,20,22). The van der Waals surface area contributed by atoms with Gasteiger partial charge in [0.1, 0.15) is 5.75 Å². The first-order valence-corrected chi connectivity index (χ1v) is 7.57. The molecule has 23 heavy (non-hydrogen) atoms. The minimum Gasteiger partial charge on any atom is -0.497 e. The first-order valence-electron chi connectivity index (χ1n) is 7.57. The third kappa shape index (κ3) is 4.47. The summed E-state index contributed by atoms with van der Waals surface area (Å²) in [6, 6.07) is 14.1. The molecule has 0 aliphatic rings. The van der Waals surface area contributed by atoms with Crippen LogP contribution < -0.4 is 15.4 Å². The number of ether oxygens (including phenoxy) is 1. The molecule has 5 heteroatoms. The smallest absolute Gasteiger partial charge is 0.251 e. The Morgan fingerprint density at radius 1 is 1.22 bits per heavy atom. The maximum absolute atomic E-state index is 12.4. The van der Waals surface area contributed by atoms with Gasteiger partial charge in [-0.1, -0.05) is 18.2 Å². The summed E-state index contributed by atoms with van der Waals surface area (Å²) in [5.41, 5.74) is 2.23. The van der Waals surface area contributed by atoms with Crippen molar-refractivity contribution in [2.75, 3.05) is 25.6 Å². The van der Waals surface area contributed by atoms with E-state index in [9.17, 15) is 9.90 Å². The van der Waals surface area contributed by atoms with Crippen molar-refractivity contribution in [3.05, 3.63) is 59.7 Å². The molecule has 0 aliphatic carbocycles. The normalized spacial score (nSPS) is 11.6. The summed E-state index contributed by atoms with van der Waals surface area (Å²) in [4.78, 5) is 12.4. The Labute approximate surface area is 136 Å². The lowest BCUT2D eigenvalue weighted by molar-refractivity contribution is 0.0916. The van der Waals surface area contributed by atoms with Gasteiger partial charge < -0.3 is 20.5 Å². The molecule has 0 aliphatic heterocycles. The quantitative estimate of drug-likeness (QED) is 0.734. The van der Waals surface area contributed by atoms with Gasteiger partial charge in [-0.2, -0.15) is 0 Å². The molecule has 0 saturated carbocycles. The molecule has 1 amide bonds. The van der Waals surface area contributed by atoms with E-state index in [4.69, 9.17) is 4.74 Å². The van der Waals surface area contributed by atoms with Crippen molar-refractivity contribution < 1.29 is 14.6 Å². The summed E-state index contributed by atoms with van der Waals surface area (Å²) < 4.78 is 5.18. The molecule has 0 saturated heterocycles. The number of amides is 1. The Balaban J connectivity index is 2.14. The number of hydrogen-bond acceptors (Lipinski definition) is 4. The number of carbonyl (C=O) groups excluding carboxylic acids is 1. The van der Waals surface area contributed by atoms with Crippen molar-refractivity contribution in [1.29, 1.82) is 0 Å². The average Bonchev–Trinajstić information content (AvgIpc) is 2.60. The lowest BCUT2D eigenvalue weighted by Crippen LogP contribution is -2.30. The fourth-order valence-electron chi connectivity index (χ4n) is 2.31. The highest BCUT2D eigenvalue weighted by molar-refractivity contribution is 5.95. The molecule has 0 bridgehead atoms. The van der Waals surface area contributed by atoms with Crippen molar-refractivity contribution in [1.82, 2.24) is 5.32 Å². The largest absolute Gasteiger partial charge is 0.497 e. The molecule has 3 N–H and O–H groups in total. The van der Waals surface area contributed by atoms with Crippen LogP contribution in [0.4, 0.5) is 5.69 Å². The van der Waals surface area contributed by atoms with Crippen LogP contribution in [0, 0.1) is 0 Å². The molecule has 1 unspecified atom stereocenters. The van der Waals surface area contributed by atoms with Crippen LogP contribution in [0.3, 0.4) is 0 Å². The summed E-state index contributed by atoms with van der Waals surface area (Å²) in [6.07, 6.45) is 0. The average molecular weight is 314 g/mol. The van der Waals surface area contributed by atoms with E-state index in [-0.39, 0.29) is 12.5 Å². The van der Waals surface area contributed by atoms with Crippen molar-refractivity contribution in [2.45, 2.75) is 13.0 Å². The van der Waals surface area contributed by atoms with E-state index < -0.39 is 6.04 Å². The number of aliphatic hydroxyl groups is 1. The predicted octanol–water partition coefficient (Wildman–Crippen LogP) is 2.59. The molecule has 0 heterocycles. The van der Waals surface area contributed by atoms with Gasteiger partial charge in [-0.05, 0) is 42.8 Å². The molecular weight excluding hydrogens is 292 g/mol. The monoisotopic (exact) mass is 314 g/mol. The minimum atomic E-state index is -0.486. The van der Waals surface area contributed by atoms with E-state index in [1.54, 1.807) is 25.3 Å². The first kappa shape index (κ1) is 16.8. The van der Waals surface area contributed by atoms with Gasteiger partial charge in [0.05, 0.1) is 19.8 Å². The molecule has 2 aromatic rings. The third-order valence-electron chi connectivity index (χ3n) is 3.49. The highest BCUT2D eigenvalue weighted by atomic mass is 16.5. The van der Waals surface area contributed by atoms with Crippen LogP contribution in [0.25, 0.3) is 0 Å². The van der Waals surface area contributed by atoms with Crippen LogP contribution in [-0.2, 0) is 0 Å². The second kappa shape index (κ2) is 8.19. The van der Waals surface area contributed by atoms with Gasteiger partial charge in [0.25, 0.3) is 5.91 Å². The van der Waals surface area contributed by atoms with Gasteiger partial charge in [-0.15, -0.1) is 0 Å². The van der Waals surface area contributed by atoms with E-state index in [0.29, 0.717) is 11.3 Å². The SMILES string of the molecule is CCNc1cccc(C(=O)NC(CO)c2cccc(OC)c2)c1. The van der Waals surface area contributed by atoms with Gasteiger partial charge in [0.15, 0.2) is 0 Å². The molecule has 0 spiro atoms. The van der Waals surface area contributed by atoms with E-state index >= 15 is 0 Å².